The Hall–Kier alpha value is -3.08. The van der Waals surface area contributed by atoms with Crippen LogP contribution in [0.4, 0.5) is 11.4 Å². The molecular formula is C21H23N3O2. The number of nitrogens with zero attached hydrogens (tertiary/aromatic N) is 2. The van der Waals surface area contributed by atoms with Gasteiger partial charge in [-0.2, -0.15) is 0 Å². The van der Waals surface area contributed by atoms with Crippen LogP contribution in [-0.4, -0.2) is 37.9 Å². The van der Waals surface area contributed by atoms with Crippen LogP contribution in [0.3, 0.4) is 0 Å². The van der Waals surface area contributed by atoms with Gasteiger partial charge in [-0.25, -0.2) is 0 Å². The van der Waals surface area contributed by atoms with Gasteiger partial charge in [-0.05, 0) is 54.8 Å². The summed E-state index contributed by atoms with van der Waals surface area (Å²) in [6, 6.07) is 13.5. The first-order chi connectivity index (χ1) is 12.3. The minimum atomic E-state index is -0.320. The third-order valence-electron chi connectivity index (χ3n) is 4.74. The van der Waals surface area contributed by atoms with Gasteiger partial charge in [0, 0.05) is 32.5 Å². The number of carbonyl (C=O) groups is 2. The van der Waals surface area contributed by atoms with Crippen molar-refractivity contribution < 1.29 is 9.59 Å². The second-order valence-corrected chi connectivity index (χ2v) is 6.78. The van der Waals surface area contributed by atoms with E-state index in [0.717, 1.165) is 33.0 Å². The third kappa shape index (κ3) is 3.08. The first-order valence-corrected chi connectivity index (χ1v) is 8.48. The van der Waals surface area contributed by atoms with Crippen LogP contribution >= 0.6 is 0 Å². The lowest BCUT2D eigenvalue weighted by atomic mass is 9.99. The van der Waals surface area contributed by atoms with E-state index in [9.17, 15) is 9.59 Å². The SMILES string of the molecule is Cc1ccc(C2=C(Nc3ccc(N(C)C)cc3)C(=O)N(C)C2=O)cc1C. The molecule has 5 heteroatoms. The minimum Gasteiger partial charge on any atom is -0.378 e. The van der Waals surface area contributed by atoms with Gasteiger partial charge in [-0.3, -0.25) is 14.5 Å². The fourth-order valence-corrected chi connectivity index (χ4v) is 2.91. The van der Waals surface area contributed by atoms with Gasteiger partial charge in [0.05, 0.1) is 5.57 Å². The highest BCUT2D eigenvalue weighted by atomic mass is 16.2. The number of nitrogens with one attached hydrogen (secondary N) is 1. The van der Waals surface area contributed by atoms with Gasteiger partial charge >= 0.3 is 0 Å². The summed E-state index contributed by atoms with van der Waals surface area (Å²) in [7, 11) is 5.45. The molecule has 0 aliphatic carbocycles. The molecule has 5 nitrogen and oxygen atoms in total. The van der Waals surface area contributed by atoms with E-state index in [-0.39, 0.29) is 11.8 Å². The molecule has 1 heterocycles. The molecule has 0 aromatic heterocycles. The second kappa shape index (κ2) is 6.67. The van der Waals surface area contributed by atoms with Crippen molar-refractivity contribution in [3.05, 3.63) is 64.9 Å². The molecular weight excluding hydrogens is 326 g/mol. The molecule has 3 rings (SSSR count). The summed E-state index contributed by atoms with van der Waals surface area (Å²) in [5, 5.41) is 3.15. The normalized spacial score (nSPS) is 14.3. The lowest BCUT2D eigenvalue weighted by molar-refractivity contribution is -0.135. The van der Waals surface area contributed by atoms with E-state index in [1.807, 2.05) is 75.3 Å². The molecule has 0 radical (unpaired) electrons. The molecule has 1 N–H and O–H groups in total. The maximum Gasteiger partial charge on any atom is 0.277 e. The first kappa shape index (κ1) is 17.7. The zero-order valence-electron chi connectivity index (χ0n) is 15.8. The van der Waals surface area contributed by atoms with Gasteiger partial charge in [0.25, 0.3) is 11.8 Å². The van der Waals surface area contributed by atoms with Crippen LogP contribution in [0.2, 0.25) is 0 Å². The molecule has 0 unspecified atom stereocenters. The Balaban J connectivity index is 2.04. The summed E-state index contributed by atoms with van der Waals surface area (Å²) < 4.78 is 0. The maximum atomic E-state index is 12.7. The number of hydrogen-bond acceptors (Lipinski definition) is 4. The van der Waals surface area contributed by atoms with Crippen molar-refractivity contribution in [2.24, 2.45) is 0 Å². The standard InChI is InChI=1S/C21H23N3O2/c1-13-6-7-15(12-14(13)2)18-19(21(26)24(5)20(18)25)22-16-8-10-17(11-9-16)23(3)4/h6-12,22H,1-5H3. The molecule has 134 valence electrons. The highest BCUT2D eigenvalue weighted by Crippen LogP contribution is 2.31. The maximum absolute atomic E-state index is 12.7. The Morgan fingerprint density at radius 1 is 0.885 bits per heavy atom. The fraction of sp³-hybridized carbons (Fsp3) is 0.238. The second-order valence-electron chi connectivity index (χ2n) is 6.78. The Labute approximate surface area is 153 Å². The summed E-state index contributed by atoms with van der Waals surface area (Å²) in [6.45, 7) is 4.02. The number of rotatable bonds is 4. The van der Waals surface area contributed by atoms with Gasteiger partial charge in [-0.15, -0.1) is 0 Å². The number of anilines is 2. The number of hydrogen-bond donors (Lipinski definition) is 1. The number of likely N-dealkylation sites (N-methyl/N-ethyl adjacent to an activating group) is 1. The molecule has 1 aliphatic rings. The molecule has 0 fully saturated rings. The van der Waals surface area contributed by atoms with Crippen molar-refractivity contribution in [3.63, 3.8) is 0 Å². The van der Waals surface area contributed by atoms with E-state index in [2.05, 4.69) is 5.32 Å². The molecule has 0 bridgehead atoms. The number of benzene rings is 2. The predicted molar refractivity (Wildman–Crippen MR) is 105 cm³/mol. The zero-order chi connectivity index (χ0) is 19.0. The molecule has 2 aromatic rings. The zero-order valence-corrected chi connectivity index (χ0v) is 15.8. The smallest absolute Gasteiger partial charge is 0.277 e. The first-order valence-electron chi connectivity index (χ1n) is 8.48. The summed E-state index contributed by atoms with van der Waals surface area (Å²) in [4.78, 5) is 28.4. The Kier molecular flexibility index (Phi) is 4.55. The fourth-order valence-electron chi connectivity index (χ4n) is 2.91. The van der Waals surface area contributed by atoms with Crippen molar-refractivity contribution in [2.75, 3.05) is 31.4 Å². The minimum absolute atomic E-state index is 0.286. The van der Waals surface area contributed by atoms with Crippen molar-refractivity contribution in [1.29, 1.82) is 0 Å². The Bertz CT molecular complexity index is 911. The number of imide groups is 1. The topological polar surface area (TPSA) is 52.7 Å². The van der Waals surface area contributed by atoms with Gasteiger partial charge in [0.1, 0.15) is 5.70 Å². The lowest BCUT2D eigenvalue weighted by Crippen LogP contribution is -2.27. The largest absolute Gasteiger partial charge is 0.378 e. The monoisotopic (exact) mass is 349 g/mol. The van der Waals surface area contributed by atoms with Gasteiger partial charge in [-0.1, -0.05) is 18.2 Å². The Morgan fingerprint density at radius 2 is 1.54 bits per heavy atom. The van der Waals surface area contributed by atoms with Crippen LogP contribution in [-0.2, 0) is 9.59 Å². The lowest BCUT2D eigenvalue weighted by Gasteiger charge is -2.14. The highest BCUT2D eigenvalue weighted by Gasteiger charge is 2.36. The summed E-state index contributed by atoms with van der Waals surface area (Å²) >= 11 is 0. The Morgan fingerprint density at radius 3 is 2.12 bits per heavy atom. The van der Waals surface area contributed by atoms with Crippen LogP contribution in [0.15, 0.2) is 48.2 Å². The molecule has 0 saturated heterocycles. The molecule has 0 atom stereocenters. The quantitative estimate of drug-likeness (QED) is 0.862. The van der Waals surface area contributed by atoms with Crippen LogP contribution in [0, 0.1) is 13.8 Å². The molecule has 26 heavy (non-hydrogen) atoms. The van der Waals surface area contributed by atoms with Gasteiger partial charge in [0.2, 0.25) is 0 Å². The van der Waals surface area contributed by atoms with E-state index >= 15 is 0 Å². The third-order valence-corrected chi connectivity index (χ3v) is 4.74. The van der Waals surface area contributed by atoms with Crippen LogP contribution in [0.1, 0.15) is 16.7 Å². The average Bonchev–Trinajstić information content (AvgIpc) is 2.82. The predicted octanol–water partition coefficient (Wildman–Crippen LogP) is 3.19. The molecule has 2 aromatic carbocycles. The molecule has 0 saturated carbocycles. The van der Waals surface area contributed by atoms with Crippen LogP contribution < -0.4 is 10.2 Å². The van der Waals surface area contributed by atoms with Gasteiger partial charge < -0.3 is 10.2 Å². The molecule has 2 amide bonds. The molecule has 0 spiro atoms. The van der Waals surface area contributed by atoms with Crippen molar-refractivity contribution >= 4 is 28.8 Å². The average molecular weight is 349 g/mol. The van der Waals surface area contributed by atoms with E-state index < -0.39 is 0 Å². The van der Waals surface area contributed by atoms with Crippen LogP contribution in [0.5, 0.6) is 0 Å². The number of aryl methyl sites for hydroxylation is 2. The summed E-state index contributed by atoms with van der Waals surface area (Å²) in [5.41, 5.74) is 5.54. The summed E-state index contributed by atoms with van der Waals surface area (Å²) in [6.07, 6.45) is 0. The highest BCUT2D eigenvalue weighted by molar-refractivity contribution is 6.36. The molecule has 1 aliphatic heterocycles. The van der Waals surface area contributed by atoms with E-state index in [1.54, 1.807) is 0 Å². The van der Waals surface area contributed by atoms with E-state index in [0.29, 0.717) is 11.3 Å². The summed E-state index contributed by atoms with van der Waals surface area (Å²) in [5.74, 6) is -0.606. The van der Waals surface area contributed by atoms with Crippen molar-refractivity contribution in [1.82, 2.24) is 4.90 Å². The van der Waals surface area contributed by atoms with Gasteiger partial charge in [0.15, 0.2) is 0 Å². The van der Waals surface area contributed by atoms with Crippen LogP contribution in [0.25, 0.3) is 5.57 Å². The van der Waals surface area contributed by atoms with E-state index in [1.165, 1.54) is 7.05 Å². The van der Waals surface area contributed by atoms with Crippen molar-refractivity contribution in [2.45, 2.75) is 13.8 Å². The van der Waals surface area contributed by atoms with Crippen molar-refractivity contribution in [3.8, 4) is 0 Å². The number of amides is 2. The number of carbonyl (C=O) groups excluding carboxylic acids is 2. The van der Waals surface area contributed by atoms with E-state index in [4.69, 9.17) is 0 Å².